The van der Waals surface area contributed by atoms with Gasteiger partial charge in [-0.25, -0.2) is 0 Å². The molecule has 0 radical (unpaired) electrons. The molecule has 92 valence electrons. The maximum absolute atomic E-state index is 4.56. The first-order chi connectivity index (χ1) is 8.38. The van der Waals surface area contributed by atoms with E-state index in [2.05, 4.69) is 28.9 Å². The highest BCUT2D eigenvalue weighted by molar-refractivity contribution is 5.25. The van der Waals surface area contributed by atoms with Crippen LogP contribution in [0, 0.1) is 5.92 Å². The Morgan fingerprint density at radius 2 is 2.35 bits per heavy atom. The van der Waals surface area contributed by atoms with Gasteiger partial charge in [0.25, 0.3) is 0 Å². The molecule has 1 aliphatic heterocycles. The number of hydrogen-bond acceptors (Lipinski definition) is 2. The largest absolute Gasteiger partial charge is 0.300 e. The lowest BCUT2D eigenvalue weighted by Gasteiger charge is -2.44. The zero-order valence-electron chi connectivity index (χ0n) is 10.7. The first-order valence-electron chi connectivity index (χ1n) is 7.05. The van der Waals surface area contributed by atoms with Crippen molar-refractivity contribution in [1.29, 1.82) is 0 Å². The van der Waals surface area contributed by atoms with Crippen LogP contribution < -0.4 is 0 Å². The number of aromatic nitrogens is 1. The van der Waals surface area contributed by atoms with Crippen molar-refractivity contribution in [2.45, 2.75) is 45.1 Å². The number of piperidine rings is 1. The highest BCUT2D eigenvalue weighted by atomic mass is 15.2. The number of nitrogens with zero attached hydrogens (tertiary/aromatic N) is 2. The molecular weight excluding hydrogens is 208 g/mol. The SMILES string of the molecule is CCCN1CCC[C@@H]2Cc3ncccc3C[C@H]21. The second kappa shape index (κ2) is 4.77. The average molecular weight is 230 g/mol. The molecule has 2 aliphatic rings. The molecule has 0 spiro atoms. The van der Waals surface area contributed by atoms with Gasteiger partial charge in [0.2, 0.25) is 0 Å². The molecule has 2 heteroatoms. The number of fused-ring (bicyclic) bond motifs is 2. The van der Waals surface area contributed by atoms with Crippen LogP contribution in [0.1, 0.15) is 37.4 Å². The van der Waals surface area contributed by atoms with E-state index < -0.39 is 0 Å². The molecule has 0 unspecified atom stereocenters. The van der Waals surface area contributed by atoms with E-state index in [-0.39, 0.29) is 0 Å². The van der Waals surface area contributed by atoms with Crippen LogP contribution in [0.25, 0.3) is 0 Å². The minimum absolute atomic E-state index is 0.792. The van der Waals surface area contributed by atoms with Crippen molar-refractivity contribution in [3.8, 4) is 0 Å². The summed E-state index contributed by atoms with van der Waals surface area (Å²) >= 11 is 0. The van der Waals surface area contributed by atoms with Crippen molar-refractivity contribution in [3.05, 3.63) is 29.6 Å². The molecule has 1 aromatic rings. The van der Waals surface area contributed by atoms with Crippen molar-refractivity contribution in [1.82, 2.24) is 9.88 Å². The Labute approximate surface area is 104 Å². The molecule has 1 saturated heterocycles. The van der Waals surface area contributed by atoms with Crippen LogP contribution in [-0.2, 0) is 12.8 Å². The van der Waals surface area contributed by atoms with E-state index in [0.29, 0.717) is 0 Å². The lowest BCUT2D eigenvalue weighted by Crippen LogP contribution is -2.49. The normalized spacial score (nSPS) is 28.5. The lowest BCUT2D eigenvalue weighted by atomic mass is 9.77. The van der Waals surface area contributed by atoms with Crippen LogP contribution in [0.3, 0.4) is 0 Å². The molecule has 0 bridgehead atoms. The van der Waals surface area contributed by atoms with Gasteiger partial charge in [0.15, 0.2) is 0 Å². The fraction of sp³-hybridized carbons (Fsp3) is 0.667. The van der Waals surface area contributed by atoms with E-state index in [4.69, 9.17) is 0 Å². The highest BCUT2D eigenvalue weighted by Crippen LogP contribution is 2.34. The number of likely N-dealkylation sites (tertiary alicyclic amines) is 1. The van der Waals surface area contributed by atoms with E-state index >= 15 is 0 Å². The van der Waals surface area contributed by atoms with E-state index in [1.807, 2.05) is 6.20 Å². The van der Waals surface area contributed by atoms with Gasteiger partial charge in [-0.2, -0.15) is 0 Å². The third kappa shape index (κ3) is 2.11. The minimum Gasteiger partial charge on any atom is -0.300 e. The van der Waals surface area contributed by atoms with Crippen LogP contribution in [0.4, 0.5) is 0 Å². The Hall–Kier alpha value is -0.890. The fourth-order valence-corrected chi connectivity index (χ4v) is 3.63. The van der Waals surface area contributed by atoms with Gasteiger partial charge < -0.3 is 0 Å². The molecule has 1 aliphatic carbocycles. The molecule has 1 aromatic heterocycles. The van der Waals surface area contributed by atoms with Gasteiger partial charge in [-0.15, -0.1) is 0 Å². The topological polar surface area (TPSA) is 16.1 Å². The summed E-state index contributed by atoms with van der Waals surface area (Å²) in [5.74, 6) is 0.859. The van der Waals surface area contributed by atoms with Crippen LogP contribution in [0.2, 0.25) is 0 Å². The van der Waals surface area contributed by atoms with Gasteiger partial charge in [-0.05, 0) is 62.7 Å². The van der Waals surface area contributed by atoms with Crippen LogP contribution in [0.15, 0.2) is 18.3 Å². The van der Waals surface area contributed by atoms with Crippen molar-refractivity contribution >= 4 is 0 Å². The summed E-state index contributed by atoms with van der Waals surface area (Å²) in [6, 6.07) is 5.16. The van der Waals surface area contributed by atoms with Crippen molar-refractivity contribution in [2.75, 3.05) is 13.1 Å². The standard InChI is InChI=1S/C15H22N2/c1-2-8-17-9-4-6-13-10-14-12(11-15(13)17)5-3-7-16-14/h3,5,7,13,15H,2,4,6,8-11H2,1H3/t13-,15-/m1/s1. The monoisotopic (exact) mass is 230 g/mol. The highest BCUT2D eigenvalue weighted by Gasteiger charge is 2.35. The lowest BCUT2D eigenvalue weighted by molar-refractivity contribution is 0.0846. The van der Waals surface area contributed by atoms with Crippen molar-refractivity contribution in [2.24, 2.45) is 5.92 Å². The molecule has 3 rings (SSSR count). The van der Waals surface area contributed by atoms with Gasteiger partial charge in [0.1, 0.15) is 0 Å². The molecule has 2 atom stereocenters. The third-order valence-corrected chi connectivity index (χ3v) is 4.41. The quantitative estimate of drug-likeness (QED) is 0.776. The summed E-state index contributed by atoms with van der Waals surface area (Å²) in [6.45, 7) is 4.88. The summed E-state index contributed by atoms with van der Waals surface area (Å²) in [5.41, 5.74) is 2.86. The molecule has 0 aromatic carbocycles. The molecule has 0 N–H and O–H groups in total. The summed E-state index contributed by atoms with van der Waals surface area (Å²) in [6.07, 6.45) is 8.45. The van der Waals surface area contributed by atoms with E-state index in [9.17, 15) is 0 Å². The van der Waals surface area contributed by atoms with Crippen molar-refractivity contribution in [3.63, 3.8) is 0 Å². The van der Waals surface area contributed by atoms with Crippen LogP contribution >= 0.6 is 0 Å². The molecule has 17 heavy (non-hydrogen) atoms. The van der Waals surface area contributed by atoms with Crippen LogP contribution in [0.5, 0.6) is 0 Å². The smallest absolute Gasteiger partial charge is 0.0439 e. The zero-order chi connectivity index (χ0) is 11.7. The maximum Gasteiger partial charge on any atom is 0.0439 e. The molecule has 2 nitrogen and oxygen atoms in total. The van der Waals surface area contributed by atoms with Gasteiger partial charge >= 0.3 is 0 Å². The number of hydrogen-bond donors (Lipinski definition) is 0. The number of rotatable bonds is 2. The predicted octanol–water partition coefficient (Wildman–Crippen LogP) is 2.67. The Morgan fingerprint density at radius 1 is 1.41 bits per heavy atom. The Kier molecular flexibility index (Phi) is 3.15. The minimum atomic E-state index is 0.792. The Morgan fingerprint density at radius 3 is 3.24 bits per heavy atom. The first-order valence-corrected chi connectivity index (χ1v) is 7.05. The van der Waals surface area contributed by atoms with Gasteiger partial charge in [0, 0.05) is 17.9 Å². The van der Waals surface area contributed by atoms with E-state index in [0.717, 1.165) is 12.0 Å². The van der Waals surface area contributed by atoms with Gasteiger partial charge in [-0.3, -0.25) is 9.88 Å². The molecule has 1 fully saturated rings. The van der Waals surface area contributed by atoms with E-state index in [1.165, 1.54) is 56.5 Å². The summed E-state index contributed by atoms with van der Waals surface area (Å²) in [5, 5.41) is 0. The molecule has 2 heterocycles. The fourth-order valence-electron chi connectivity index (χ4n) is 3.63. The molecular formula is C15H22N2. The Bertz CT molecular complexity index is 386. The zero-order valence-corrected chi connectivity index (χ0v) is 10.7. The second-order valence-corrected chi connectivity index (χ2v) is 5.52. The summed E-state index contributed by atoms with van der Waals surface area (Å²) < 4.78 is 0. The number of pyridine rings is 1. The first kappa shape index (κ1) is 11.2. The van der Waals surface area contributed by atoms with Gasteiger partial charge in [-0.1, -0.05) is 13.0 Å². The molecule has 0 saturated carbocycles. The predicted molar refractivity (Wildman–Crippen MR) is 70.0 cm³/mol. The van der Waals surface area contributed by atoms with Crippen LogP contribution in [-0.4, -0.2) is 29.0 Å². The summed E-state index contributed by atoms with van der Waals surface area (Å²) in [7, 11) is 0. The molecule has 0 amide bonds. The van der Waals surface area contributed by atoms with Gasteiger partial charge in [0.05, 0.1) is 0 Å². The third-order valence-electron chi connectivity index (χ3n) is 4.41. The second-order valence-electron chi connectivity index (χ2n) is 5.52. The average Bonchev–Trinajstić information content (AvgIpc) is 2.37. The Balaban J connectivity index is 1.84. The summed E-state index contributed by atoms with van der Waals surface area (Å²) in [4.78, 5) is 7.29. The van der Waals surface area contributed by atoms with E-state index in [1.54, 1.807) is 0 Å². The maximum atomic E-state index is 4.56. The van der Waals surface area contributed by atoms with Crippen molar-refractivity contribution < 1.29 is 0 Å².